The molecule has 140 valence electrons. The molecule has 0 aliphatic heterocycles. The second-order valence-corrected chi connectivity index (χ2v) is 7.39. The zero-order valence-corrected chi connectivity index (χ0v) is 16.0. The van der Waals surface area contributed by atoms with Crippen molar-refractivity contribution in [3.8, 4) is 0 Å². The van der Waals surface area contributed by atoms with Gasteiger partial charge in [-0.15, -0.1) is 11.3 Å². The van der Waals surface area contributed by atoms with Crippen LogP contribution in [0.3, 0.4) is 0 Å². The molecule has 1 heterocycles. The number of carbonyl (C=O) groups excluding carboxylic acids is 1. The first-order valence-electron chi connectivity index (χ1n) is 8.93. The van der Waals surface area contributed by atoms with E-state index in [-0.39, 0.29) is 11.8 Å². The predicted molar refractivity (Wildman–Crippen MR) is 107 cm³/mol. The van der Waals surface area contributed by atoms with Crippen molar-refractivity contribution in [1.29, 1.82) is 0 Å². The number of hydrogen-bond donors (Lipinski definition) is 1. The molecule has 2 amide bonds. The summed E-state index contributed by atoms with van der Waals surface area (Å²) in [4.78, 5) is 19.7. The lowest BCUT2D eigenvalue weighted by molar-refractivity contribution is 0.209. The zero-order chi connectivity index (χ0) is 19.1. The molecule has 6 heteroatoms. The number of benzene rings is 2. The fraction of sp³-hybridized carbons (Fsp3) is 0.238. The molecule has 27 heavy (non-hydrogen) atoms. The average Bonchev–Trinajstić information content (AvgIpc) is 3.09. The first-order valence-corrected chi connectivity index (χ1v) is 9.74. The van der Waals surface area contributed by atoms with Crippen LogP contribution in [0.1, 0.15) is 29.3 Å². The van der Waals surface area contributed by atoms with Gasteiger partial charge in [-0.3, -0.25) is 5.32 Å². The van der Waals surface area contributed by atoms with E-state index in [9.17, 15) is 9.18 Å². The molecule has 0 aliphatic rings. The molecule has 3 rings (SSSR count). The summed E-state index contributed by atoms with van der Waals surface area (Å²) in [5.74, 6) is -0.248. The number of hydrogen-bond acceptors (Lipinski definition) is 3. The van der Waals surface area contributed by atoms with Gasteiger partial charge in [0.15, 0.2) is 5.13 Å². The number of rotatable bonds is 7. The molecular weight excluding hydrogens is 361 g/mol. The highest BCUT2D eigenvalue weighted by molar-refractivity contribution is 7.15. The van der Waals surface area contributed by atoms with Gasteiger partial charge in [-0.25, -0.2) is 14.2 Å². The number of anilines is 1. The molecule has 3 aromatic rings. The Morgan fingerprint density at radius 1 is 1.15 bits per heavy atom. The third-order valence-electron chi connectivity index (χ3n) is 4.03. The van der Waals surface area contributed by atoms with Crippen LogP contribution in [0.2, 0.25) is 0 Å². The van der Waals surface area contributed by atoms with Crippen LogP contribution in [0, 0.1) is 5.82 Å². The Kier molecular flexibility index (Phi) is 6.54. The minimum Gasteiger partial charge on any atom is -0.320 e. The standard InChI is InChI=1S/C21H22FN3OS/c1-2-11-25(15-16-7-4-3-5-8-16)21(26)24-20-23-14-19(27-20)13-17-9-6-10-18(22)12-17/h3-10,12,14H,2,11,13,15H2,1H3,(H,23,24,26). The quantitative estimate of drug-likeness (QED) is 0.600. The van der Waals surface area contributed by atoms with Gasteiger partial charge in [0, 0.05) is 30.6 Å². The summed E-state index contributed by atoms with van der Waals surface area (Å²) < 4.78 is 13.3. The smallest absolute Gasteiger partial charge is 0.320 e. The SMILES string of the molecule is CCCN(Cc1ccccc1)C(=O)Nc1ncc(Cc2cccc(F)c2)s1. The molecule has 0 unspecified atom stereocenters. The van der Waals surface area contributed by atoms with Crippen molar-refractivity contribution in [1.82, 2.24) is 9.88 Å². The van der Waals surface area contributed by atoms with Crippen LogP contribution < -0.4 is 5.32 Å². The van der Waals surface area contributed by atoms with Gasteiger partial charge in [0.2, 0.25) is 0 Å². The van der Waals surface area contributed by atoms with Crippen molar-refractivity contribution >= 4 is 22.5 Å². The maximum Gasteiger partial charge on any atom is 0.323 e. The molecule has 1 N–H and O–H groups in total. The lowest BCUT2D eigenvalue weighted by atomic mass is 10.1. The Labute approximate surface area is 162 Å². The minimum absolute atomic E-state index is 0.160. The highest BCUT2D eigenvalue weighted by atomic mass is 32.1. The van der Waals surface area contributed by atoms with E-state index in [4.69, 9.17) is 0 Å². The number of amides is 2. The molecule has 0 saturated carbocycles. The Hall–Kier alpha value is -2.73. The number of nitrogens with one attached hydrogen (secondary N) is 1. The van der Waals surface area contributed by atoms with E-state index >= 15 is 0 Å². The van der Waals surface area contributed by atoms with Crippen LogP contribution >= 0.6 is 11.3 Å². The second kappa shape index (κ2) is 9.28. The topological polar surface area (TPSA) is 45.2 Å². The van der Waals surface area contributed by atoms with Gasteiger partial charge in [0.05, 0.1) is 0 Å². The van der Waals surface area contributed by atoms with E-state index in [0.29, 0.717) is 24.6 Å². The van der Waals surface area contributed by atoms with Crippen molar-refractivity contribution in [2.75, 3.05) is 11.9 Å². The minimum atomic E-state index is -0.248. The molecular formula is C21H22FN3OS. The van der Waals surface area contributed by atoms with Gasteiger partial charge in [0.1, 0.15) is 5.82 Å². The normalized spacial score (nSPS) is 10.6. The fourth-order valence-corrected chi connectivity index (χ4v) is 3.63. The molecule has 0 atom stereocenters. The highest BCUT2D eigenvalue weighted by Gasteiger charge is 2.15. The second-order valence-electron chi connectivity index (χ2n) is 6.28. The predicted octanol–water partition coefficient (Wildman–Crippen LogP) is 5.32. The summed E-state index contributed by atoms with van der Waals surface area (Å²) in [6, 6.07) is 16.3. The lowest BCUT2D eigenvalue weighted by Gasteiger charge is -2.22. The largest absolute Gasteiger partial charge is 0.323 e. The summed E-state index contributed by atoms with van der Waals surface area (Å²) in [5, 5.41) is 3.44. The maximum absolute atomic E-state index is 13.3. The van der Waals surface area contributed by atoms with Crippen molar-refractivity contribution in [2.24, 2.45) is 0 Å². The number of nitrogens with zero attached hydrogens (tertiary/aromatic N) is 2. The number of urea groups is 1. The van der Waals surface area contributed by atoms with Gasteiger partial charge >= 0.3 is 6.03 Å². The number of thiazole rings is 1. The monoisotopic (exact) mass is 383 g/mol. The van der Waals surface area contributed by atoms with Crippen LogP contribution in [0.5, 0.6) is 0 Å². The van der Waals surface area contributed by atoms with E-state index in [1.807, 2.05) is 43.3 Å². The Bertz CT molecular complexity index is 882. The van der Waals surface area contributed by atoms with Gasteiger partial charge in [0.25, 0.3) is 0 Å². The van der Waals surface area contributed by atoms with E-state index in [1.165, 1.54) is 23.5 Å². The van der Waals surface area contributed by atoms with Gasteiger partial charge in [-0.1, -0.05) is 49.4 Å². The van der Waals surface area contributed by atoms with Crippen molar-refractivity contribution in [3.63, 3.8) is 0 Å². The average molecular weight is 383 g/mol. The Morgan fingerprint density at radius 2 is 1.93 bits per heavy atom. The Balaban J connectivity index is 1.63. The van der Waals surface area contributed by atoms with Crippen LogP contribution in [-0.4, -0.2) is 22.5 Å². The van der Waals surface area contributed by atoms with Crippen LogP contribution in [-0.2, 0) is 13.0 Å². The fourth-order valence-electron chi connectivity index (χ4n) is 2.79. The summed E-state index contributed by atoms with van der Waals surface area (Å²) in [5.41, 5.74) is 1.97. The molecule has 1 aromatic heterocycles. The molecule has 0 aliphatic carbocycles. The molecule has 4 nitrogen and oxygen atoms in total. The lowest BCUT2D eigenvalue weighted by Crippen LogP contribution is -2.35. The molecule has 0 spiro atoms. The first-order chi connectivity index (χ1) is 13.1. The van der Waals surface area contributed by atoms with Crippen LogP contribution in [0.15, 0.2) is 60.8 Å². The zero-order valence-electron chi connectivity index (χ0n) is 15.2. The molecule has 0 fully saturated rings. The Morgan fingerprint density at radius 3 is 2.67 bits per heavy atom. The number of carbonyl (C=O) groups is 1. The first kappa shape index (κ1) is 19.0. The maximum atomic E-state index is 13.3. The van der Waals surface area contributed by atoms with E-state index in [1.54, 1.807) is 17.2 Å². The highest BCUT2D eigenvalue weighted by Crippen LogP contribution is 2.22. The van der Waals surface area contributed by atoms with E-state index < -0.39 is 0 Å². The third kappa shape index (κ3) is 5.62. The molecule has 0 radical (unpaired) electrons. The number of halogens is 1. The van der Waals surface area contributed by atoms with Crippen LogP contribution in [0.25, 0.3) is 0 Å². The van der Waals surface area contributed by atoms with Crippen LogP contribution in [0.4, 0.5) is 14.3 Å². The van der Waals surface area contributed by atoms with E-state index in [2.05, 4.69) is 10.3 Å². The van der Waals surface area contributed by atoms with Crippen molar-refractivity contribution in [3.05, 3.63) is 82.6 Å². The third-order valence-corrected chi connectivity index (χ3v) is 4.94. The summed E-state index contributed by atoms with van der Waals surface area (Å²) in [6.45, 7) is 3.27. The number of aromatic nitrogens is 1. The summed E-state index contributed by atoms with van der Waals surface area (Å²) in [6.07, 6.45) is 3.20. The van der Waals surface area contributed by atoms with Crippen molar-refractivity contribution < 1.29 is 9.18 Å². The molecule has 0 bridgehead atoms. The van der Waals surface area contributed by atoms with Crippen molar-refractivity contribution in [2.45, 2.75) is 26.3 Å². The summed E-state index contributed by atoms with van der Waals surface area (Å²) >= 11 is 1.41. The summed E-state index contributed by atoms with van der Waals surface area (Å²) in [7, 11) is 0. The molecule has 2 aromatic carbocycles. The van der Waals surface area contributed by atoms with Gasteiger partial charge in [-0.05, 0) is 29.7 Å². The molecule has 0 saturated heterocycles. The van der Waals surface area contributed by atoms with Gasteiger partial charge in [-0.2, -0.15) is 0 Å². The van der Waals surface area contributed by atoms with Gasteiger partial charge < -0.3 is 4.90 Å². The van der Waals surface area contributed by atoms with E-state index in [0.717, 1.165) is 22.4 Å².